The van der Waals surface area contributed by atoms with Crippen molar-refractivity contribution in [3.8, 4) is 0 Å². The molecule has 5 rings (SSSR count). The molecule has 1 spiro atoms. The van der Waals surface area contributed by atoms with E-state index in [0.29, 0.717) is 31.3 Å². The minimum absolute atomic E-state index is 0.0399. The zero-order valence-corrected chi connectivity index (χ0v) is 13.9. The van der Waals surface area contributed by atoms with Gasteiger partial charge in [0.25, 0.3) is 0 Å². The maximum atomic E-state index is 13.1. The van der Waals surface area contributed by atoms with E-state index in [1.165, 1.54) is 0 Å². The van der Waals surface area contributed by atoms with Crippen LogP contribution in [0.2, 0.25) is 0 Å². The van der Waals surface area contributed by atoms with Gasteiger partial charge >= 0.3 is 11.9 Å². The third kappa shape index (κ3) is 1.83. The minimum Gasteiger partial charge on any atom is -0.472 e. The zero-order chi connectivity index (χ0) is 17.3. The summed E-state index contributed by atoms with van der Waals surface area (Å²) in [5.74, 6) is -0.676. The molecule has 2 aliphatic heterocycles. The Balaban J connectivity index is 1.61. The normalized spacial score (nSPS) is 42.6. The topological polar surface area (TPSA) is 86.0 Å². The van der Waals surface area contributed by atoms with Crippen LogP contribution in [0.4, 0.5) is 0 Å². The number of hydrogen-bond acceptors (Lipinski definition) is 6. The molecule has 2 fully saturated rings. The van der Waals surface area contributed by atoms with Crippen LogP contribution in [0.1, 0.15) is 44.3 Å². The number of esters is 2. The molecule has 0 aromatic carbocycles. The summed E-state index contributed by atoms with van der Waals surface area (Å²) >= 11 is 0. The Kier molecular flexibility index (Phi) is 3.02. The van der Waals surface area contributed by atoms with Crippen molar-refractivity contribution in [1.29, 1.82) is 0 Å². The third-order valence-electron chi connectivity index (χ3n) is 6.70. The summed E-state index contributed by atoms with van der Waals surface area (Å²) in [4.78, 5) is 25.3. The van der Waals surface area contributed by atoms with Gasteiger partial charge in [-0.05, 0) is 36.8 Å². The smallest absolute Gasteiger partial charge is 0.337 e. The highest BCUT2D eigenvalue weighted by molar-refractivity contribution is 5.95. The predicted octanol–water partition coefficient (Wildman–Crippen LogP) is 2.29. The summed E-state index contributed by atoms with van der Waals surface area (Å²) in [7, 11) is 0. The van der Waals surface area contributed by atoms with Gasteiger partial charge in [-0.15, -0.1) is 0 Å². The van der Waals surface area contributed by atoms with Gasteiger partial charge in [0.2, 0.25) is 0 Å². The molecule has 1 aromatic rings. The van der Waals surface area contributed by atoms with Crippen LogP contribution in [0, 0.1) is 17.3 Å². The van der Waals surface area contributed by atoms with Crippen molar-refractivity contribution in [2.24, 2.45) is 17.3 Å². The summed E-state index contributed by atoms with van der Waals surface area (Å²) in [5.41, 5.74) is 1.45. The lowest BCUT2D eigenvalue weighted by Gasteiger charge is -2.47. The van der Waals surface area contributed by atoms with Gasteiger partial charge < -0.3 is 19.0 Å². The lowest BCUT2D eigenvalue weighted by Crippen LogP contribution is -2.50. The van der Waals surface area contributed by atoms with Crippen molar-refractivity contribution in [1.82, 2.24) is 0 Å². The van der Waals surface area contributed by atoms with E-state index in [1.54, 1.807) is 12.5 Å². The van der Waals surface area contributed by atoms with Crippen LogP contribution in [0.25, 0.3) is 0 Å². The van der Waals surface area contributed by atoms with E-state index < -0.39 is 17.5 Å². The van der Waals surface area contributed by atoms with E-state index in [2.05, 4.69) is 0 Å². The Labute approximate surface area is 144 Å². The first kappa shape index (κ1) is 15.2. The summed E-state index contributed by atoms with van der Waals surface area (Å²) < 4.78 is 16.4. The quantitative estimate of drug-likeness (QED) is 0.787. The van der Waals surface area contributed by atoms with Gasteiger partial charge in [-0.25, -0.2) is 4.79 Å². The minimum atomic E-state index is -0.781. The second-order valence-electron chi connectivity index (χ2n) is 7.74. The Hall–Kier alpha value is -2.08. The standard InChI is InChI=1S/C19H20O6/c1-9-6-13-15-11(2-3-12(20)16(15)17(21)24-13)19(9)7-14(25-18(19)22)10-4-5-23-8-10/h4-5,8-9,11-14,20H,2-3,6-7H2,1H3/t9-,11+,12-,13+,14-,19-/m0/s1. The summed E-state index contributed by atoms with van der Waals surface area (Å²) in [6, 6.07) is 1.82. The molecule has 1 aromatic heterocycles. The maximum absolute atomic E-state index is 13.1. The summed E-state index contributed by atoms with van der Waals surface area (Å²) in [6.07, 6.45) is 4.11. The number of aliphatic hydroxyl groups excluding tert-OH is 1. The highest BCUT2D eigenvalue weighted by Crippen LogP contribution is 2.62. The van der Waals surface area contributed by atoms with Crippen LogP contribution in [0.15, 0.2) is 34.2 Å². The van der Waals surface area contributed by atoms with Crippen LogP contribution >= 0.6 is 0 Å². The highest BCUT2D eigenvalue weighted by Gasteiger charge is 2.64. The average molecular weight is 344 g/mol. The molecule has 25 heavy (non-hydrogen) atoms. The molecule has 6 heteroatoms. The Morgan fingerprint density at radius 2 is 2.04 bits per heavy atom. The number of furan rings is 1. The van der Waals surface area contributed by atoms with Gasteiger partial charge in [0, 0.05) is 17.9 Å². The van der Waals surface area contributed by atoms with E-state index in [9.17, 15) is 14.7 Å². The number of rotatable bonds is 1. The Bertz CT molecular complexity index is 778. The van der Waals surface area contributed by atoms with E-state index >= 15 is 0 Å². The molecule has 0 amide bonds. The molecule has 0 radical (unpaired) electrons. The van der Waals surface area contributed by atoms with Crippen LogP contribution in [-0.4, -0.2) is 29.3 Å². The van der Waals surface area contributed by atoms with Gasteiger partial charge in [0.15, 0.2) is 0 Å². The fraction of sp³-hybridized carbons (Fsp3) is 0.579. The van der Waals surface area contributed by atoms with Crippen LogP contribution in [0.3, 0.4) is 0 Å². The second-order valence-corrected chi connectivity index (χ2v) is 7.74. The molecule has 1 N–H and O–H groups in total. The number of aliphatic hydroxyl groups is 1. The van der Waals surface area contributed by atoms with Crippen LogP contribution in [-0.2, 0) is 19.1 Å². The molecular weight excluding hydrogens is 324 g/mol. The SMILES string of the molecule is C[C@H]1C[C@H]2OC(=O)C3=C2[C@@H](CC[C@@H]3O)[C@]12C[C@@H](c1ccoc1)OC2=O. The van der Waals surface area contributed by atoms with E-state index in [0.717, 1.165) is 11.1 Å². The lowest BCUT2D eigenvalue weighted by atomic mass is 9.53. The summed E-state index contributed by atoms with van der Waals surface area (Å²) in [6.45, 7) is 2.05. The third-order valence-corrected chi connectivity index (χ3v) is 6.70. The fourth-order valence-electron chi connectivity index (χ4n) is 5.50. The first-order valence-corrected chi connectivity index (χ1v) is 8.88. The first-order valence-electron chi connectivity index (χ1n) is 8.88. The molecular formula is C19H20O6. The van der Waals surface area contributed by atoms with Crippen molar-refractivity contribution in [2.75, 3.05) is 0 Å². The van der Waals surface area contributed by atoms with Crippen molar-refractivity contribution in [2.45, 2.75) is 50.9 Å². The van der Waals surface area contributed by atoms with Gasteiger partial charge in [-0.2, -0.15) is 0 Å². The first-order chi connectivity index (χ1) is 12.0. The number of carbonyl (C=O) groups excluding carboxylic acids is 2. The van der Waals surface area contributed by atoms with Crippen molar-refractivity contribution in [3.05, 3.63) is 35.3 Å². The molecule has 132 valence electrons. The monoisotopic (exact) mass is 344 g/mol. The van der Waals surface area contributed by atoms with Crippen molar-refractivity contribution in [3.63, 3.8) is 0 Å². The van der Waals surface area contributed by atoms with Crippen molar-refractivity contribution >= 4 is 11.9 Å². The average Bonchev–Trinajstić information content (AvgIpc) is 3.27. The van der Waals surface area contributed by atoms with Crippen LogP contribution in [0.5, 0.6) is 0 Å². The number of ether oxygens (including phenoxy) is 2. The molecule has 4 aliphatic rings. The van der Waals surface area contributed by atoms with Crippen molar-refractivity contribution < 1.29 is 28.6 Å². The van der Waals surface area contributed by atoms with Gasteiger partial charge in [-0.1, -0.05) is 6.92 Å². The number of fused-ring (bicyclic) bond motifs is 1. The van der Waals surface area contributed by atoms with E-state index in [1.807, 2.05) is 13.0 Å². The molecule has 6 atom stereocenters. The number of cyclic esters (lactones) is 1. The van der Waals surface area contributed by atoms with Gasteiger partial charge in [0.05, 0.1) is 29.6 Å². The molecule has 3 heterocycles. The molecule has 1 saturated heterocycles. The highest BCUT2D eigenvalue weighted by atomic mass is 16.6. The van der Waals surface area contributed by atoms with E-state index in [-0.39, 0.29) is 30.0 Å². The summed E-state index contributed by atoms with van der Waals surface area (Å²) in [5, 5.41) is 10.3. The lowest BCUT2D eigenvalue weighted by molar-refractivity contribution is -0.156. The molecule has 0 unspecified atom stereocenters. The van der Waals surface area contributed by atoms with E-state index in [4.69, 9.17) is 13.9 Å². The number of hydrogen-bond donors (Lipinski definition) is 1. The maximum Gasteiger partial charge on any atom is 0.337 e. The number of carbonyl (C=O) groups is 2. The largest absolute Gasteiger partial charge is 0.472 e. The molecule has 6 nitrogen and oxygen atoms in total. The van der Waals surface area contributed by atoms with Crippen LogP contribution < -0.4 is 0 Å². The molecule has 2 aliphatic carbocycles. The fourth-order valence-corrected chi connectivity index (χ4v) is 5.50. The second kappa shape index (κ2) is 4.97. The Morgan fingerprint density at radius 3 is 2.80 bits per heavy atom. The zero-order valence-electron chi connectivity index (χ0n) is 13.9. The molecule has 0 bridgehead atoms. The van der Waals surface area contributed by atoms with Gasteiger partial charge in [0.1, 0.15) is 12.2 Å². The molecule has 1 saturated carbocycles. The predicted molar refractivity (Wildman–Crippen MR) is 84.0 cm³/mol. The van der Waals surface area contributed by atoms with Gasteiger partial charge in [-0.3, -0.25) is 4.79 Å². The Morgan fingerprint density at radius 1 is 1.20 bits per heavy atom.